The fourth-order valence-corrected chi connectivity index (χ4v) is 3.95. The minimum absolute atomic E-state index is 0.177. The van der Waals surface area contributed by atoms with Gasteiger partial charge in [-0.25, -0.2) is 8.78 Å². The van der Waals surface area contributed by atoms with Gasteiger partial charge in [-0.15, -0.1) is 0 Å². The number of aromatic nitrogens is 1. The van der Waals surface area contributed by atoms with Gasteiger partial charge in [0.1, 0.15) is 11.6 Å². The van der Waals surface area contributed by atoms with Gasteiger partial charge in [0.25, 0.3) is 0 Å². The average Bonchev–Trinajstić information content (AvgIpc) is 2.95. The lowest BCUT2D eigenvalue weighted by molar-refractivity contribution is -0.0146. The van der Waals surface area contributed by atoms with Crippen LogP contribution in [0, 0.1) is 17.0 Å². The monoisotopic (exact) mass is 330 g/mol. The molecule has 24 heavy (non-hydrogen) atoms. The highest BCUT2D eigenvalue weighted by molar-refractivity contribution is 5.19. The molecule has 1 atom stereocenters. The van der Waals surface area contributed by atoms with E-state index < -0.39 is 0 Å². The van der Waals surface area contributed by atoms with Crippen molar-refractivity contribution in [2.75, 3.05) is 19.7 Å². The van der Waals surface area contributed by atoms with Crippen molar-refractivity contribution in [3.8, 4) is 0 Å². The predicted octanol–water partition coefficient (Wildman–Crippen LogP) is 3.19. The normalized spacial score (nSPS) is 22.7. The largest absolute Gasteiger partial charge is 0.377 e. The summed E-state index contributed by atoms with van der Waals surface area (Å²) in [6, 6.07) is 7.66. The topological polar surface area (TPSA) is 25.4 Å². The van der Waals surface area contributed by atoms with Gasteiger partial charge in [0.15, 0.2) is 0 Å². The Hall–Kier alpha value is -1.85. The van der Waals surface area contributed by atoms with Crippen molar-refractivity contribution in [3.63, 3.8) is 0 Å². The maximum absolute atomic E-state index is 13.7. The Labute approximate surface area is 140 Å². The standard InChI is InChI=1S/C19H20F2N2O/c20-16-3-4-18(21)15(7-16)10-23-11-19(12-23)8-17(24-13-19)6-14-2-1-5-22-9-14/h1-5,7,9,17H,6,8,10-13H2/t17-/m0/s1. The second kappa shape index (κ2) is 6.22. The molecule has 2 aromatic rings. The molecule has 4 rings (SSSR count). The summed E-state index contributed by atoms with van der Waals surface area (Å²) in [4.78, 5) is 6.30. The Morgan fingerprint density at radius 2 is 2.12 bits per heavy atom. The molecule has 0 amide bonds. The molecule has 2 saturated heterocycles. The number of rotatable bonds is 4. The number of likely N-dealkylation sites (tertiary alicyclic amines) is 1. The lowest BCUT2D eigenvalue weighted by Gasteiger charge is -2.47. The molecule has 0 bridgehead atoms. The van der Waals surface area contributed by atoms with Crippen molar-refractivity contribution in [2.45, 2.75) is 25.5 Å². The van der Waals surface area contributed by atoms with Crippen LogP contribution in [0.2, 0.25) is 0 Å². The quantitative estimate of drug-likeness (QED) is 0.861. The van der Waals surface area contributed by atoms with Crippen LogP contribution in [0.3, 0.4) is 0 Å². The number of benzene rings is 1. The smallest absolute Gasteiger partial charge is 0.127 e. The van der Waals surface area contributed by atoms with E-state index in [0.29, 0.717) is 12.1 Å². The van der Waals surface area contributed by atoms with E-state index in [1.165, 1.54) is 17.7 Å². The van der Waals surface area contributed by atoms with Gasteiger partial charge in [-0.1, -0.05) is 6.07 Å². The third-order valence-electron chi connectivity index (χ3n) is 4.99. The number of hydrogen-bond donors (Lipinski definition) is 0. The summed E-state index contributed by atoms with van der Waals surface area (Å²) >= 11 is 0. The van der Waals surface area contributed by atoms with Crippen molar-refractivity contribution in [3.05, 3.63) is 65.5 Å². The molecule has 2 aliphatic heterocycles. The second-order valence-corrected chi connectivity index (χ2v) is 7.08. The first-order valence-electron chi connectivity index (χ1n) is 8.29. The zero-order chi connectivity index (χ0) is 16.6. The third-order valence-corrected chi connectivity index (χ3v) is 4.99. The van der Waals surface area contributed by atoms with Gasteiger partial charge < -0.3 is 4.74 Å². The van der Waals surface area contributed by atoms with E-state index in [9.17, 15) is 8.78 Å². The Morgan fingerprint density at radius 3 is 2.92 bits per heavy atom. The van der Waals surface area contributed by atoms with Crippen LogP contribution in [0.1, 0.15) is 17.5 Å². The highest BCUT2D eigenvalue weighted by atomic mass is 19.1. The van der Waals surface area contributed by atoms with Crippen LogP contribution in [-0.2, 0) is 17.7 Å². The minimum Gasteiger partial charge on any atom is -0.377 e. The Balaban J connectivity index is 1.31. The van der Waals surface area contributed by atoms with Crippen molar-refractivity contribution in [2.24, 2.45) is 5.41 Å². The summed E-state index contributed by atoms with van der Waals surface area (Å²) in [7, 11) is 0. The van der Waals surface area contributed by atoms with Gasteiger partial charge in [-0.3, -0.25) is 9.88 Å². The zero-order valence-electron chi connectivity index (χ0n) is 13.4. The highest BCUT2D eigenvalue weighted by Crippen LogP contribution is 2.42. The average molecular weight is 330 g/mol. The van der Waals surface area contributed by atoms with Crippen molar-refractivity contribution < 1.29 is 13.5 Å². The van der Waals surface area contributed by atoms with Gasteiger partial charge in [0, 0.05) is 49.4 Å². The summed E-state index contributed by atoms with van der Waals surface area (Å²) in [6.07, 6.45) is 5.78. The molecular formula is C19H20F2N2O. The minimum atomic E-state index is -0.387. The molecule has 0 aliphatic carbocycles. The van der Waals surface area contributed by atoms with Crippen molar-refractivity contribution >= 4 is 0 Å². The number of hydrogen-bond acceptors (Lipinski definition) is 3. The number of nitrogens with zero attached hydrogens (tertiary/aromatic N) is 2. The summed E-state index contributed by atoms with van der Waals surface area (Å²) < 4.78 is 33.0. The molecule has 3 nitrogen and oxygen atoms in total. The molecule has 0 N–H and O–H groups in total. The SMILES string of the molecule is Fc1ccc(F)c(CN2CC3(CO[C@@H](Cc4cccnc4)C3)C2)c1. The molecule has 126 valence electrons. The Morgan fingerprint density at radius 1 is 1.25 bits per heavy atom. The van der Waals surface area contributed by atoms with E-state index in [4.69, 9.17) is 4.74 Å². The van der Waals surface area contributed by atoms with Gasteiger partial charge in [-0.2, -0.15) is 0 Å². The van der Waals surface area contributed by atoms with Crippen LogP contribution >= 0.6 is 0 Å². The fourth-order valence-electron chi connectivity index (χ4n) is 3.95. The molecule has 3 heterocycles. The van der Waals surface area contributed by atoms with Crippen LogP contribution in [0.15, 0.2) is 42.7 Å². The van der Waals surface area contributed by atoms with Crippen molar-refractivity contribution in [1.82, 2.24) is 9.88 Å². The number of halogens is 2. The number of pyridine rings is 1. The predicted molar refractivity (Wildman–Crippen MR) is 86.4 cm³/mol. The van der Waals surface area contributed by atoms with Crippen LogP contribution < -0.4 is 0 Å². The highest BCUT2D eigenvalue weighted by Gasteiger charge is 2.48. The molecule has 2 aliphatic rings. The summed E-state index contributed by atoms with van der Waals surface area (Å²) in [6.45, 7) is 2.97. The van der Waals surface area contributed by atoms with Gasteiger partial charge in [0.05, 0.1) is 12.7 Å². The van der Waals surface area contributed by atoms with E-state index in [1.807, 2.05) is 12.3 Å². The molecule has 0 saturated carbocycles. The third kappa shape index (κ3) is 3.19. The molecule has 2 fully saturated rings. The van der Waals surface area contributed by atoms with Crippen LogP contribution in [0.4, 0.5) is 8.78 Å². The summed E-state index contributed by atoms with van der Waals surface area (Å²) in [5.74, 6) is -0.725. The second-order valence-electron chi connectivity index (χ2n) is 7.08. The van der Waals surface area contributed by atoms with Crippen LogP contribution in [0.5, 0.6) is 0 Å². The lowest BCUT2D eigenvalue weighted by Crippen LogP contribution is -2.56. The first-order chi connectivity index (χ1) is 11.6. The van der Waals surface area contributed by atoms with Gasteiger partial charge in [0.2, 0.25) is 0 Å². The van der Waals surface area contributed by atoms with E-state index in [0.717, 1.165) is 38.6 Å². The maximum Gasteiger partial charge on any atom is 0.127 e. The van der Waals surface area contributed by atoms with E-state index in [-0.39, 0.29) is 23.2 Å². The molecule has 1 aromatic carbocycles. The van der Waals surface area contributed by atoms with Gasteiger partial charge >= 0.3 is 0 Å². The zero-order valence-corrected chi connectivity index (χ0v) is 13.4. The van der Waals surface area contributed by atoms with E-state index in [1.54, 1.807) is 6.20 Å². The van der Waals surface area contributed by atoms with Crippen LogP contribution in [0.25, 0.3) is 0 Å². The van der Waals surface area contributed by atoms with E-state index in [2.05, 4.69) is 16.0 Å². The van der Waals surface area contributed by atoms with Crippen LogP contribution in [-0.4, -0.2) is 35.7 Å². The molecule has 0 unspecified atom stereocenters. The molecule has 1 spiro atoms. The van der Waals surface area contributed by atoms with Gasteiger partial charge in [-0.05, 0) is 36.2 Å². The molecule has 1 aromatic heterocycles. The molecular weight excluding hydrogens is 310 g/mol. The first-order valence-corrected chi connectivity index (χ1v) is 8.29. The number of ether oxygens (including phenoxy) is 1. The molecule has 0 radical (unpaired) electrons. The first kappa shape index (κ1) is 15.7. The molecule has 5 heteroatoms. The maximum atomic E-state index is 13.7. The Kier molecular flexibility index (Phi) is 4.06. The van der Waals surface area contributed by atoms with E-state index >= 15 is 0 Å². The summed E-state index contributed by atoms with van der Waals surface area (Å²) in [5, 5.41) is 0. The lowest BCUT2D eigenvalue weighted by atomic mass is 9.77. The summed E-state index contributed by atoms with van der Waals surface area (Å²) in [5.41, 5.74) is 1.80. The fraction of sp³-hybridized carbons (Fsp3) is 0.421. The van der Waals surface area contributed by atoms with Crippen molar-refractivity contribution in [1.29, 1.82) is 0 Å². The Bertz CT molecular complexity index is 717.